The summed E-state index contributed by atoms with van der Waals surface area (Å²) in [5.74, 6) is 5.39. The van der Waals surface area contributed by atoms with Crippen LogP contribution in [0, 0.1) is 11.8 Å². The van der Waals surface area contributed by atoms with Gasteiger partial charge in [0.15, 0.2) is 0 Å². The fourth-order valence-corrected chi connectivity index (χ4v) is 2.88. The average Bonchev–Trinajstić information content (AvgIpc) is 2.71. The number of hydrogen-bond acceptors (Lipinski definition) is 6. The monoisotopic (exact) mass is 454 g/mol. The van der Waals surface area contributed by atoms with Crippen LogP contribution in [0.25, 0.3) is 10.9 Å². The Kier molecular flexibility index (Phi) is 7.53. The van der Waals surface area contributed by atoms with Crippen LogP contribution < -0.4 is 10.6 Å². The molecule has 0 saturated heterocycles. The van der Waals surface area contributed by atoms with E-state index in [0.717, 1.165) is 21.1 Å². The molecule has 0 bridgehead atoms. The van der Waals surface area contributed by atoms with E-state index in [1.165, 1.54) is 6.33 Å². The van der Waals surface area contributed by atoms with Crippen LogP contribution in [0.5, 0.6) is 0 Å². The predicted molar refractivity (Wildman–Crippen MR) is 116 cm³/mol. The van der Waals surface area contributed by atoms with Crippen LogP contribution in [-0.4, -0.2) is 42.8 Å². The second kappa shape index (κ2) is 10.5. The number of amides is 1. The van der Waals surface area contributed by atoms with Gasteiger partial charge in [-0.25, -0.2) is 9.97 Å². The summed E-state index contributed by atoms with van der Waals surface area (Å²) in [6.07, 6.45) is 1.50. The second-order valence-corrected chi connectivity index (χ2v) is 6.81. The maximum absolute atomic E-state index is 12.0. The zero-order valence-electron chi connectivity index (χ0n) is 15.7. The van der Waals surface area contributed by atoms with Crippen molar-refractivity contribution in [3.63, 3.8) is 0 Å². The molecule has 1 aromatic heterocycles. The number of fused-ring (bicyclic) bond motifs is 1. The summed E-state index contributed by atoms with van der Waals surface area (Å²) >= 11 is 3.45. The van der Waals surface area contributed by atoms with Gasteiger partial charge >= 0.3 is 0 Å². The molecule has 0 unspecified atom stereocenters. The number of aromatic nitrogens is 2. The van der Waals surface area contributed by atoms with Crippen LogP contribution in [0.2, 0.25) is 0 Å². The Bertz CT molecular complexity index is 1060. The molecule has 2 N–H and O–H groups in total. The molecule has 0 atom stereocenters. The molecule has 3 rings (SSSR count). The van der Waals surface area contributed by atoms with E-state index in [0.29, 0.717) is 24.7 Å². The summed E-state index contributed by atoms with van der Waals surface area (Å²) in [6, 6.07) is 13.2. The Morgan fingerprint density at radius 3 is 2.86 bits per heavy atom. The van der Waals surface area contributed by atoms with E-state index in [1.54, 1.807) is 13.2 Å². The minimum atomic E-state index is -0.418. The zero-order chi connectivity index (χ0) is 20.5. The molecule has 1 heterocycles. The molecule has 3 aromatic rings. The summed E-state index contributed by atoms with van der Waals surface area (Å²) in [5.41, 5.74) is 2.24. The van der Waals surface area contributed by atoms with Gasteiger partial charge in [0.1, 0.15) is 18.8 Å². The molecule has 29 heavy (non-hydrogen) atoms. The summed E-state index contributed by atoms with van der Waals surface area (Å²) in [5, 5.41) is 6.81. The summed E-state index contributed by atoms with van der Waals surface area (Å²) in [6.45, 7) is 1.09. The largest absolute Gasteiger partial charge is 0.382 e. The lowest BCUT2D eigenvalue weighted by Crippen LogP contribution is -2.09. The Labute approximate surface area is 177 Å². The summed E-state index contributed by atoms with van der Waals surface area (Å²) < 4.78 is 11.0. The second-order valence-electron chi connectivity index (χ2n) is 5.89. The Morgan fingerprint density at radius 2 is 2.03 bits per heavy atom. The maximum Gasteiger partial charge on any atom is 0.300 e. The van der Waals surface area contributed by atoms with E-state index in [1.807, 2.05) is 36.4 Å². The summed E-state index contributed by atoms with van der Waals surface area (Å²) in [4.78, 5) is 20.6. The molecule has 148 valence electrons. The van der Waals surface area contributed by atoms with E-state index in [4.69, 9.17) is 9.47 Å². The number of nitrogens with one attached hydrogen (secondary N) is 2. The zero-order valence-corrected chi connectivity index (χ0v) is 17.3. The maximum atomic E-state index is 12.0. The van der Waals surface area contributed by atoms with Crippen molar-refractivity contribution < 1.29 is 14.3 Å². The molecule has 0 spiro atoms. The van der Waals surface area contributed by atoms with Gasteiger partial charge in [0.2, 0.25) is 0 Å². The number of carbonyl (C=O) groups is 1. The van der Waals surface area contributed by atoms with Crippen molar-refractivity contribution in [1.29, 1.82) is 0 Å². The first-order chi connectivity index (χ1) is 14.2. The molecule has 8 heteroatoms. The SMILES string of the molecule is COCCOCC#CC(=O)Nc1ccc2ncnc(Nc3cccc(Br)c3)c2c1. The van der Waals surface area contributed by atoms with Crippen LogP contribution >= 0.6 is 15.9 Å². The number of rotatable bonds is 7. The topological polar surface area (TPSA) is 85.4 Å². The fourth-order valence-electron chi connectivity index (χ4n) is 2.48. The molecule has 7 nitrogen and oxygen atoms in total. The van der Waals surface area contributed by atoms with Gasteiger partial charge in [0, 0.05) is 28.3 Å². The predicted octanol–water partition coefficient (Wildman–Crippen LogP) is 3.74. The number of hydrogen-bond donors (Lipinski definition) is 2. The van der Waals surface area contributed by atoms with Crippen LogP contribution in [0.4, 0.5) is 17.2 Å². The first-order valence-corrected chi connectivity index (χ1v) is 9.59. The van der Waals surface area contributed by atoms with Gasteiger partial charge in [0.05, 0.1) is 18.7 Å². The van der Waals surface area contributed by atoms with Gasteiger partial charge in [-0.2, -0.15) is 0 Å². The van der Waals surface area contributed by atoms with Crippen molar-refractivity contribution in [1.82, 2.24) is 9.97 Å². The van der Waals surface area contributed by atoms with E-state index >= 15 is 0 Å². The molecule has 0 fully saturated rings. The van der Waals surface area contributed by atoms with Gasteiger partial charge in [-0.15, -0.1) is 0 Å². The normalized spacial score (nSPS) is 10.3. The number of halogens is 1. The summed E-state index contributed by atoms with van der Waals surface area (Å²) in [7, 11) is 1.59. The Hall–Kier alpha value is -2.99. The van der Waals surface area contributed by atoms with Crippen LogP contribution in [-0.2, 0) is 14.3 Å². The van der Waals surface area contributed by atoms with E-state index in [9.17, 15) is 4.79 Å². The molecule has 1 amide bonds. The van der Waals surface area contributed by atoms with Crippen molar-refractivity contribution >= 4 is 49.9 Å². The molecule has 0 aliphatic carbocycles. The third-order valence-electron chi connectivity index (χ3n) is 3.79. The van der Waals surface area contributed by atoms with E-state index in [-0.39, 0.29) is 6.61 Å². The van der Waals surface area contributed by atoms with Crippen molar-refractivity contribution in [3.05, 3.63) is 53.3 Å². The van der Waals surface area contributed by atoms with E-state index in [2.05, 4.69) is 48.4 Å². The van der Waals surface area contributed by atoms with Gasteiger partial charge in [-0.3, -0.25) is 4.79 Å². The standard InChI is InChI=1S/C21H19BrN4O3/c1-28-10-11-29-9-3-6-20(27)25-17-7-8-19-18(13-17)21(24-14-23-19)26-16-5-2-4-15(22)12-16/h2,4-5,7-8,12-14H,9-11H2,1H3,(H,25,27)(H,23,24,26). The van der Waals surface area contributed by atoms with Crippen molar-refractivity contribution in [3.8, 4) is 11.8 Å². The Morgan fingerprint density at radius 1 is 1.14 bits per heavy atom. The Balaban J connectivity index is 1.72. The fraction of sp³-hybridized carbons (Fsp3) is 0.190. The molecular formula is C21H19BrN4O3. The number of methoxy groups -OCH3 is 1. The highest BCUT2D eigenvalue weighted by atomic mass is 79.9. The molecule has 0 radical (unpaired) electrons. The average molecular weight is 455 g/mol. The molecule has 0 aliphatic rings. The van der Waals surface area contributed by atoms with Crippen LogP contribution in [0.3, 0.4) is 0 Å². The van der Waals surface area contributed by atoms with Crippen LogP contribution in [0.1, 0.15) is 0 Å². The molecular weight excluding hydrogens is 436 g/mol. The van der Waals surface area contributed by atoms with Gasteiger partial charge in [-0.1, -0.05) is 27.9 Å². The highest BCUT2D eigenvalue weighted by Gasteiger charge is 2.07. The lowest BCUT2D eigenvalue weighted by Gasteiger charge is -2.10. The van der Waals surface area contributed by atoms with Gasteiger partial charge in [-0.05, 0) is 42.3 Å². The lowest BCUT2D eigenvalue weighted by atomic mass is 10.2. The first kappa shape index (κ1) is 20.7. The van der Waals surface area contributed by atoms with E-state index < -0.39 is 5.91 Å². The highest BCUT2D eigenvalue weighted by Crippen LogP contribution is 2.26. The third-order valence-corrected chi connectivity index (χ3v) is 4.28. The quantitative estimate of drug-likeness (QED) is 0.417. The number of ether oxygens (including phenoxy) is 2. The molecule has 2 aromatic carbocycles. The smallest absolute Gasteiger partial charge is 0.300 e. The minimum absolute atomic E-state index is 0.170. The minimum Gasteiger partial charge on any atom is -0.382 e. The number of nitrogens with zero attached hydrogens (tertiary/aromatic N) is 2. The van der Waals surface area contributed by atoms with Crippen LogP contribution in [0.15, 0.2) is 53.3 Å². The number of benzene rings is 2. The first-order valence-electron chi connectivity index (χ1n) is 8.79. The number of carbonyl (C=O) groups excluding carboxylic acids is 1. The van der Waals surface area contributed by atoms with Gasteiger partial charge < -0.3 is 20.1 Å². The molecule has 0 saturated carbocycles. The number of anilines is 3. The van der Waals surface area contributed by atoms with Gasteiger partial charge in [0.25, 0.3) is 5.91 Å². The van der Waals surface area contributed by atoms with Crippen molar-refractivity contribution in [2.45, 2.75) is 0 Å². The third kappa shape index (κ3) is 6.26. The van der Waals surface area contributed by atoms with Crippen molar-refractivity contribution in [2.24, 2.45) is 0 Å². The molecule has 0 aliphatic heterocycles. The van der Waals surface area contributed by atoms with Crippen molar-refractivity contribution in [2.75, 3.05) is 37.6 Å². The lowest BCUT2D eigenvalue weighted by molar-refractivity contribution is -0.111. The highest BCUT2D eigenvalue weighted by molar-refractivity contribution is 9.10.